The van der Waals surface area contributed by atoms with E-state index in [2.05, 4.69) is 48.1 Å². The Morgan fingerprint density at radius 1 is 0.879 bits per heavy atom. The summed E-state index contributed by atoms with van der Waals surface area (Å²) in [6, 6.07) is 0. The number of carboxylic acid groups (broad SMARTS) is 1. The summed E-state index contributed by atoms with van der Waals surface area (Å²) in [6.07, 6.45) is 10.0. The normalized spacial score (nSPS) is 50.6. The molecule has 0 amide bonds. The predicted octanol–water partition coefficient (Wildman–Crippen LogP) is 7.15. The van der Waals surface area contributed by atoms with Crippen molar-refractivity contribution in [2.24, 2.45) is 44.8 Å². The van der Waals surface area contributed by atoms with Crippen LogP contribution in [0.3, 0.4) is 0 Å². The van der Waals surface area contributed by atoms with Crippen molar-refractivity contribution >= 4 is 5.97 Å². The first-order valence-corrected chi connectivity index (χ1v) is 13.6. The largest absolute Gasteiger partial charge is 0.481 e. The number of allylic oxidation sites excluding steroid dienone is 2. The lowest BCUT2D eigenvalue weighted by atomic mass is 9.33. The minimum atomic E-state index is -0.653. The van der Waals surface area contributed by atoms with Gasteiger partial charge in [-0.1, -0.05) is 46.8 Å². The molecule has 0 spiro atoms. The number of aliphatic carboxylic acids is 1. The summed E-state index contributed by atoms with van der Waals surface area (Å²) < 4.78 is 0. The summed E-state index contributed by atoms with van der Waals surface area (Å²) in [6.45, 7) is 18.6. The van der Waals surface area contributed by atoms with Crippen LogP contribution in [-0.2, 0) is 4.79 Å². The fourth-order valence-corrected chi connectivity index (χ4v) is 10.8. The summed E-state index contributed by atoms with van der Waals surface area (Å²) in [5.41, 5.74) is 3.57. The number of carbonyl (C=O) groups is 1. The molecule has 0 unspecified atom stereocenters. The molecule has 5 aliphatic carbocycles. The maximum atomic E-state index is 12.7. The molecule has 2 N–H and O–H groups in total. The highest BCUT2D eigenvalue weighted by molar-refractivity contribution is 5.81. The average molecular weight is 455 g/mol. The van der Waals surface area contributed by atoms with E-state index in [1.165, 1.54) is 30.4 Å². The second-order valence-corrected chi connectivity index (χ2v) is 14.1. The predicted molar refractivity (Wildman–Crippen MR) is 133 cm³/mol. The van der Waals surface area contributed by atoms with Gasteiger partial charge in [-0.2, -0.15) is 0 Å². The molecule has 4 fully saturated rings. The zero-order valence-electron chi connectivity index (χ0n) is 21.9. The lowest BCUT2D eigenvalue weighted by molar-refractivity contribution is -0.228. The smallest absolute Gasteiger partial charge is 0.313 e. The molecule has 8 atom stereocenters. The zero-order valence-corrected chi connectivity index (χ0v) is 21.9. The van der Waals surface area contributed by atoms with Gasteiger partial charge in [0, 0.05) is 0 Å². The van der Waals surface area contributed by atoms with Crippen LogP contribution in [0.2, 0.25) is 0 Å². The number of aliphatic hydroxyl groups excluding tert-OH is 1. The number of fused-ring (bicyclic) bond motifs is 7. The van der Waals surface area contributed by atoms with Gasteiger partial charge in [0.1, 0.15) is 0 Å². The minimum absolute atomic E-state index is 0.0296. The van der Waals surface area contributed by atoms with Crippen LogP contribution >= 0.6 is 0 Å². The Bertz CT molecular complexity index is 929. The van der Waals surface area contributed by atoms with Gasteiger partial charge in [-0.15, -0.1) is 0 Å². The Morgan fingerprint density at radius 2 is 1.58 bits per heavy atom. The SMILES string of the molecule is C=C(C)C1=C2[C@H]3CC[C@@H]4[C@@]5(C)CC[C@H](O)C(C)(C)[C@@H]5CC[C@@]4(C)[C@]3(C)CC[C@@]2(C(=O)O)CC1. The zero-order chi connectivity index (χ0) is 24.2. The summed E-state index contributed by atoms with van der Waals surface area (Å²) in [7, 11) is 0. The molecule has 0 aromatic heterocycles. The topological polar surface area (TPSA) is 57.5 Å². The Hall–Kier alpha value is -1.09. The second-order valence-electron chi connectivity index (χ2n) is 14.1. The van der Waals surface area contributed by atoms with Gasteiger partial charge in [-0.3, -0.25) is 4.79 Å². The van der Waals surface area contributed by atoms with Crippen LogP contribution in [0, 0.1) is 44.8 Å². The molecule has 0 radical (unpaired) electrons. The lowest BCUT2D eigenvalue weighted by Gasteiger charge is -2.72. The molecule has 0 bridgehead atoms. The van der Waals surface area contributed by atoms with Gasteiger partial charge in [0.15, 0.2) is 0 Å². The van der Waals surface area contributed by atoms with E-state index in [1.54, 1.807) is 0 Å². The third-order valence-corrected chi connectivity index (χ3v) is 12.8. The van der Waals surface area contributed by atoms with Crippen molar-refractivity contribution < 1.29 is 15.0 Å². The van der Waals surface area contributed by atoms with Crippen LogP contribution in [-0.4, -0.2) is 22.3 Å². The molecule has 3 heteroatoms. The first-order valence-electron chi connectivity index (χ1n) is 13.6. The van der Waals surface area contributed by atoms with Crippen LogP contribution in [0.25, 0.3) is 0 Å². The Morgan fingerprint density at radius 3 is 2.21 bits per heavy atom. The molecule has 184 valence electrons. The molecule has 0 aromatic rings. The number of hydrogen-bond acceptors (Lipinski definition) is 2. The molecular formula is C30H46O3. The molecule has 5 rings (SSSR count). The Kier molecular flexibility index (Phi) is 5.01. The van der Waals surface area contributed by atoms with Crippen LogP contribution in [0.15, 0.2) is 23.3 Å². The first-order chi connectivity index (χ1) is 15.3. The summed E-state index contributed by atoms with van der Waals surface area (Å²) in [5.74, 6) is 0.969. The third-order valence-electron chi connectivity index (χ3n) is 12.8. The van der Waals surface area contributed by atoms with E-state index in [1.807, 2.05) is 0 Å². The molecule has 5 aliphatic rings. The average Bonchev–Trinajstić information content (AvgIpc) is 3.13. The van der Waals surface area contributed by atoms with Gasteiger partial charge < -0.3 is 10.2 Å². The molecular weight excluding hydrogens is 408 g/mol. The molecule has 0 aliphatic heterocycles. The highest BCUT2D eigenvalue weighted by Gasteiger charge is 2.70. The Balaban J connectivity index is 1.60. The molecule has 0 saturated heterocycles. The van der Waals surface area contributed by atoms with E-state index in [0.29, 0.717) is 17.8 Å². The second kappa shape index (κ2) is 6.99. The van der Waals surface area contributed by atoms with Crippen molar-refractivity contribution in [2.75, 3.05) is 0 Å². The standard InChI is InChI=1S/C30H46O3/c1-18(2)19-10-15-30(25(32)33)17-16-28(6)20(24(19)30)8-9-22-27(5)13-12-23(31)26(3,4)21(27)11-14-29(22,28)7/h20-23,31H,1,8-17H2,2-7H3,(H,32,33)/t20-,21+,22-,23+,27+,28-,29-,30+/m1/s1. The van der Waals surface area contributed by atoms with Crippen LogP contribution < -0.4 is 0 Å². The van der Waals surface area contributed by atoms with Gasteiger partial charge >= 0.3 is 5.97 Å². The Labute approximate surface area is 201 Å². The summed E-state index contributed by atoms with van der Waals surface area (Å²) >= 11 is 0. The van der Waals surface area contributed by atoms with E-state index >= 15 is 0 Å². The monoisotopic (exact) mass is 454 g/mol. The van der Waals surface area contributed by atoms with Gasteiger partial charge in [-0.05, 0) is 122 Å². The highest BCUT2D eigenvalue weighted by atomic mass is 16.4. The van der Waals surface area contributed by atoms with Gasteiger partial charge in [0.05, 0.1) is 11.5 Å². The van der Waals surface area contributed by atoms with Gasteiger partial charge in [0.25, 0.3) is 0 Å². The van der Waals surface area contributed by atoms with Gasteiger partial charge in [-0.25, -0.2) is 0 Å². The molecule has 4 saturated carbocycles. The van der Waals surface area contributed by atoms with Crippen molar-refractivity contribution in [1.29, 1.82) is 0 Å². The van der Waals surface area contributed by atoms with Crippen LogP contribution in [0.1, 0.15) is 106 Å². The molecule has 0 aromatic carbocycles. The maximum absolute atomic E-state index is 12.7. The van der Waals surface area contributed by atoms with Crippen molar-refractivity contribution in [2.45, 2.75) is 112 Å². The fraction of sp³-hybridized carbons (Fsp3) is 0.833. The van der Waals surface area contributed by atoms with Crippen molar-refractivity contribution in [3.63, 3.8) is 0 Å². The summed E-state index contributed by atoms with van der Waals surface area (Å²) in [4.78, 5) is 12.7. The minimum Gasteiger partial charge on any atom is -0.481 e. The van der Waals surface area contributed by atoms with Gasteiger partial charge in [0.2, 0.25) is 0 Å². The lowest BCUT2D eigenvalue weighted by Crippen LogP contribution is -2.65. The van der Waals surface area contributed by atoms with Crippen LogP contribution in [0.4, 0.5) is 0 Å². The van der Waals surface area contributed by atoms with Crippen molar-refractivity contribution in [3.05, 3.63) is 23.3 Å². The van der Waals surface area contributed by atoms with Crippen LogP contribution in [0.5, 0.6) is 0 Å². The number of hydrogen-bond donors (Lipinski definition) is 2. The van der Waals surface area contributed by atoms with Crippen molar-refractivity contribution in [3.8, 4) is 0 Å². The maximum Gasteiger partial charge on any atom is 0.313 e. The number of rotatable bonds is 2. The van der Waals surface area contributed by atoms with E-state index in [9.17, 15) is 15.0 Å². The molecule has 0 heterocycles. The van der Waals surface area contributed by atoms with E-state index in [4.69, 9.17) is 0 Å². The molecule has 3 nitrogen and oxygen atoms in total. The summed E-state index contributed by atoms with van der Waals surface area (Å²) in [5, 5.41) is 21.3. The van der Waals surface area contributed by atoms with E-state index in [-0.39, 0.29) is 27.8 Å². The van der Waals surface area contributed by atoms with E-state index in [0.717, 1.165) is 50.5 Å². The van der Waals surface area contributed by atoms with E-state index < -0.39 is 11.4 Å². The number of aliphatic hydroxyl groups is 1. The first kappa shape index (κ1) is 23.6. The quantitative estimate of drug-likeness (QED) is 0.465. The third kappa shape index (κ3) is 2.69. The fourth-order valence-electron chi connectivity index (χ4n) is 10.8. The van der Waals surface area contributed by atoms with Crippen molar-refractivity contribution in [1.82, 2.24) is 0 Å². The number of carboxylic acids is 1. The molecule has 33 heavy (non-hydrogen) atoms. The highest BCUT2D eigenvalue weighted by Crippen LogP contribution is 2.76.